The number of aliphatic hydroxyl groups excluding tert-OH is 1. The average Bonchev–Trinajstić information content (AvgIpc) is 2.20. The molecule has 0 saturated carbocycles. The summed E-state index contributed by atoms with van der Waals surface area (Å²) in [7, 11) is 1.34. The molecule has 2 N–H and O–H groups in total. The SMILES string of the molecule is COc1c(O)c(CO)cc(Br)c1C=O. The molecule has 5 heteroatoms. The average molecular weight is 261 g/mol. The Morgan fingerprint density at radius 3 is 2.71 bits per heavy atom. The number of carbonyl (C=O) groups excluding carboxylic acids is 1. The van der Waals surface area contributed by atoms with E-state index in [1.807, 2.05) is 0 Å². The van der Waals surface area contributed by atoms with Crippen molar-refractivity contribution in [3.05, 3.63) is 21.7 Å². The topological polar surface area (TPSA) is 66.8 Å². The summed E-state index contributed by atoms with van der Waals surface area (Å²) in [6.45, 7) is -0.320. The molecule has 1 rings (SSSR count). The molecule has 0 heterocycles. The number of methoxy groups -OCH3 is 1. The van der Waals surface area contributed by atoms with Gasteiger partial charge in [0, 0.05) is 10.0 Å². The van der Waals surface area contributed by atoms with Gasteiger partial charge in [0.25, 0.3) is 0 Å². The Morgan fingerprint density at radius 2 is 2.29 bits per heavy atom. The smallest absolute Gasteiger partial charge is 0.172 e. The predicted molar refractivity (Wildman–Crippen MR) is 53.7 cm³/mol. The summed E-state index contributed by atoms with van der Waals surface area (Å²) in [5.74, 6) is -0.140. The number of aldehydes is 1. The van der Waals surface area contributed by atoms with Gasteiger partial charge in [0.2, 0.25) is 0 Å². The highest BCUT2D eigenvalue weighted by Gasteiger charge is 2.16. The van der Waals surface area contributed by atoms with E-state index in [1.54, 1.807) is 0 Å². The number of aliphatic hydroxyl groups is 1. The van der Waals surface area contributed by atoms with E-state index < -0.39 is 0 Å². The Balaban J connectivity index is 3.47. The monoisotopic (exact) mass is 260 g/mol. The molecule has 0 aliphatic rings. The van der Waals surface area contributed by atoms with E-state index in [-0.39, 0.29) is 23.7 Å². The lowest BCUT2D eigenvalue weighted by atomic mass is 10.1. The number of phenols is 1. The predicted octanol–water partition coefficient (Wildman–Crippen LogP) is 1.47. The molecule has 0 atom stereocenters. The number of halogens is 1. The summed E-state index contributed by atoms with van der Waals surface area (Å²) in [6.07, 6.45) is 0.573. The van der Waals surface area contributed by atoms with Gasteiger partial charge in [-0.25, -0.2) is 0 Å². The van der Waals surface area contributed by atoms with Crippen molar-refractivity contribution in [1.29, 1.82) is 0 Å². The molecule has 0 fully saturated rings. The van der Waals surface area contributed by atoms with Crippen LogP contribution < -0.4 is 4.74 Å². The number of carbonyl (C=O) groups is 1. The largest absolute Gasteiger partial charge is 0.504 e. The van der Waals surface area contributed by atoms with Crippen molar-refractivity contribution in [2.75, 3.05) is 7.11 Å². The molecule has 0 amide bonds. The first kappa shape index (κ1) is 11.0. The Bertz CT molecular complexity index is 362. The molecular formula is C9H9BrO4. The van der Waals surface area contributed by atoms with Crippen molar-refractivity contribution in [3.8, 4) is 11.5 Å². The Kier molecular flexibility index (Phi) is 3.49. The van der Waals surface area contributed by atoms with Crippen molar-refractivity contribution in [2.45, 2.75) is 6.61 Å². The molecule has 0 radical (unpaired) electrons. The Hall–Kier alpha value is -1.07. The van der Waals surface area contributed by atoms with Gasteiger partial charge >= 0.3 is 0 Å². The molecule has 14 heavy (non-hydrogen) atoms. The normalized spacial score (nSPS) is 9.93. The maximum Gasteiger partial charge on any atom is 0.172 e. The van der Waals surface area contributed by atoms with Gasteiger partial charge in [-0.15, -0.1) is 0 Å². The minimum Gasteiger partial charge on any atom is -0.504 e. The quantitative estimate of drug-likeness (QED) is 0.808. The van der Waals surface area contributed by atoms with E-state index >= 15 is 0 Å². The molecular weight excluding hydrogens is 252 g/mol. The standard InChI is InChI=1S/C9H9BrO4/c1-14-9-6(4-12)7(10)2-5(3-11)8(9)13/h2,4,11,13H,3H2,1H3. The zero-order valence-corrected chi connectivity index (χ0v) is 9.04. The third-order valence-electron chi connectivity index (χ3n) is 1.81. The third kappa shape index (κ3) is 1.73. The summed E-state index contributed by atoms with van der Waals surface area (Å²) in [6, 6.07) is 1.47. The highest BCUT2D eigenvalue weighted by Crippen LogP contribution is 2.37. The fourth-order valence-corrected chi connectivity index (χ4v) is 1.67. The molecule has 0 unspecified atom stereocenters. The van der Waals surface area contributed by atoms with Gasteiger partial charge in [-0.05, 0) is 22.0 Å². The molecule has 0 aromatic heterocycles. The van der Waals surface area contributed by atoms with Crippen LogP contribution in [0.5, 0.6) is 11.5 Å². The lowest BCUT2D eigenvalue weighted by molar-refractivity contribution is 0.111. The van der Waals surface area contributed by atoms with E-state index in [0.717, 1.165) is 0 Å². The van der Waals surface area contributed by atoms with Crippen LogP contribution >= 0.6 is 15.9 Å². The van der Waals surface area contributed by atoms with E-state index in [1.165, 1.54) is 13.2 Å². The third-order valence-corrected chi connectivity index (χ3v) is 2.47. The van der Waals surface area contributed by atoms with Crippen molar-refractivity contribution < 1.29 is 19.7 Å². The van der Waals surface area contributed by atoms with Crippen molar-refractivity contribution in [1.82, 2.24) is 0 Å². The van der Waals surface area contributed by atoms with Crippen LogP contribution in [0, 0.1) is 0 Å². The van der Waals surface area contributed by atoms with Gasteiger partial charge in [-0.3, -0.25) is 4.79 Å². The highest BCUT2D eigenvalue weighted by atomic mass is 79.9. The van der Waals surface area contributed by atoms with Crippen LogP contribution in [-0.4, -0.2) is 23.6 Å². The maximum atomic E-state index is 10.7. The van der Waals surface area contributed by atoms with E-state index in [9.17, 15) is 9.90 Å². The van der Waals surface area contributed by atoms with Crippen LogP contribution in [0.2, 0.25) is 0 Å². The van der Waals surface area contributed by atoms with E-state index in [4.69, 9.17) is 9.84 Å². The van der Waals surface area contributed by atoms with Gasteiger partial charge < -0.3 is 14.9 Å². The molecule has 0 spiro atoms. The molecule has 4 nitrogen and oxygen atoms in total. The van der Waals surface area contributed by atoms with Crippen LogP contribution in [0.1, 0.15) is 15.9 Å². The van der Waals surface area contributed by atoms with Crippen molar-refractivity contribution in [3.63, 3.8) is 0 Å². The second-order valence-corrected chi connectivity index (χ2v) is 3.44. The lowest BCUT2D eigenvalue weighted by Gasteiger charge is -2.11. The van der Waals surface area contributed by atoms with Crippen LogP contribution in [-0.2, 0) is 6.61 Å². The van der Waals surface area contributed by atoms with Crippen LogP contribution in [0.25, 0.3) is 0 Å². The van der Waals surface area contributed by atoms with E-state index in [0.29, 0.717) is 16.3 Å². The molecule has 0 bridgehead atoms. The van der Waals surface area contributed by atoms with E-state index in [2.05, 4.69) is 15.9 Å². The Labute approximate surface area is 89.3 Å². The molecule has 1 aromatic rings. The zero-order chi connectivity index (χ0) is 10.7. The van der Waals surface area contributed by atoms with Gasteiger partial charge in [0.15, 0.2) is 17.8 Å². The molecule has 0 aliphatic heterocycles. The molecule has 1 aromatic carbocycles. The van der Waals surface area contributed by atoms with Crippen LogP contribution in [0.4, 0.5) is 0 Å². The number of hydrogen-bond acceptors (Lipinski definition) is 4. The first-order valence-electron chi connectivity index (χ1n) is 3.80. The van der Waals surface area contributed by atoms with Crippen LogP contribution in [0.15, 0.2) is 10.5 Å². The van der Waals surface area contributed by atoms with Gasteiger partial charge in [0.05, 0.1) is 19.3 Å². The number of hydrogen-bond donors (Lipinski definition) is 2. The fraction of sp³-hybridized carbons (Fsp3) is 0.222. The van der Waals surface area contributed by atoms with Crippen LogP contribution in [0.3, 0.4) is 0 Å². The van der Waals surface area contributed by atoms with Gasteiger partial charge in [0.1, 0.15) is 0 Å². The Morgan fingerprint density at radius 1 is 1.64 bits per heavy atom. The number of aromatic hydroxyl groups is 1. The first-order valence-corrected chi connectivity index (χ1v) is 4.59. The van der Waals surface area contributed by atoms with Crippen molar-refractivity contribution >= 4 is 22.2 Å². The number of rotatable bonds is 3. The molecule has 76 valence electrons. The summed E-state index contributed by atoms with van der Waals surface area (Å²) >= 11 is 3.14. The second-order valence-electron chi connectivity index (χ2n) is 2.59. The lowest BCUT2D eigenvalue weighted by Crippen LogP contribution is -1.96. The van der Waals surface area contributed by atoms with Gasteiger partial charge in [-0.2, -0.15) is 0 Å². The molecule has 0 saturated heterocycles. The summed E-state index contributed by atoms with van der Waals surface area (Å²) in [5, 5.41) is 18.5. The molecule has 0 aliphatic carbocycles. The summed E-state index contributed by atoms with van der Waals surface area (Å²) < 4.78 is 5.35. The zero-order valence-electron chi connectivity index (χ0n) is 7.45. The number of ether oxygens (including phenoxy) is 1. The summed E-state index contributed by atoms with van der Waals surface area (Å²) in [5.41, 5.74) is 0.529. The second kappa shape index (κ2) is 4.43. The minimum atomic E-state index is -0.320. The van der Waals surface area contributed by atoms with Gasteiger partial charge in [-0.1, -0.05) is 0 Å². The minimum absolute atomic E-state index is 0.0680. The maximum absolute atomic E-state index is 10.7. The first-order chi connectivity index (χ1) is 6.65. The summed E-state index contributed by atoms with van der Waals surface area (Å²) in [4.78, 5) is 10.7. The fourth-order valence-electron chi connectivity index (χ4n) is 1.12. The van der Waals surface area contributed by atoms with Crippen molar-refractivity contribution in [2.24, 2.45) is 0 Å². The number of benzene rings is 1. The highest BCUT2D eigenvalue weighted by molar-refractivity contribution is 9.10.